The molecule has 0 bridgehead atoms. The topological polar surface area (TPSA) is 138 Å². The predicted molar refractivity (Wildman–Crippen MR) is 175 cm³/mol. The van der Waals surface area contributed by atoms with Gasteiger partial charge in [0.1, 0.15) is 12.6 Å². The number of nitrogens with one attached hydrogen (secondary N) is 2. The predicted octanol–water partition coefficient (Wildman–Crippen LogP) is 4.86. The summed E-state index contributed by atoms with van der Waals surface area (Å²) in [6.07, 6.45) is 4.23. The molecule has 2 aromatic rings. The normalized spacial score (nSPS) is 15.3. The van der Waals surface area contributed by atoms with E-state index in [1.807, 2.05) is 12.1 Å². The summed E-state index contributed by atoms with van der Waals surface area (Å²) >= 11 is 12.0. The lowest BCUT2D eigenvalue weighted by Crippen LogP contribution is -2.62. The van der Waals surface area contributed by atoms with Gasteiger partial charge in [-0.15, -0.1) is 0 Å². The molecule has 3 rings (SSSR count). The van der Waals surface area contributed by atoms with Gasteiger partial charge in [-0.1, -0.05) is 79.6 Å². The van der Waals surface area contributed by atoms with Crippen LogP contribution in [0.15, 0.2) is 48.5 Å². The van der Waals surface area contributed by atoms with E-state index in [1.165, 1.54) is 19.1 Å². The molecule has 2 atom stereocenters. The van der Waals surface area contributed by atoms with Crippen molar-refractivity contribution in [3.8, 4) is 0 Å². The maximum absolute atomic E-state index is 13.7. The fraction of sp³-hybridized carbons (Fsp3) is 0.515. The number of alkyl carbamates (subject to hydrolysis) is 1. The summed E-state index contributed by atoms with van der Waals surface area (Å²) in [5.74, 6) is -1.94. The maximum Gasteiger partial charge on any atom is 0.408 e. The Morgan fingerprint density at radius 1 is 1.00 bits per heavy atom. The number of ether oxygens (including phenoxy) is 1. The first-order valence-corrected chi connectivity index (χ1v) is 16.2. The van der Waals surface area contributed by atoms with Crippen molar-refractivity contribution in [1.82, 2.24) is 20.6 Å². The number of rotatable bonds is 15. The van der Waals surface area contributed by atoms with Gasteiger partial charge in [0.05, 0.1) is 7.11 Å². The quantitative estimate of drug-likeness (QED) is 0.181. The summed E-state index contributed by atoms with van der Waals surface area (Å²) in [5.41, 5.74) is -0.834. The van der Waals surface area contributed by atoms with E-state index in [0.29, 0.717) is 28.6 Å². The van der Waals surface area contributed by atoms with Crippen LogP contribution in [0.1, 0.15) is 62.5 Å². The van der Waals surface area contributed by atoms with E-state index < -0.39 is 36.1 Å². The molecule has 1 fully saturated rings. The van der Waals surface area contributed by atoms with Gasteiger partial charge in [0.2, 0.25) is 17.5 Å². The molecule has 3 N–H and O–H groups in total. The van der Waals surface area contributed by atoms with E-state index in [1.54, 1.807) is 43.4 Å². The minimum atomic E-state index is -2.49. The smallest absolute Gasteiger partial charge is 0.408 e. The Labute approximate surface area is 280 Å². The number of carbonyl (C=O) groups is 4. The lowest BCUT2D eigenvalue weighted by molar-refractivity contribution is -0.194. The number of likely N-dealkylation sites (N-methyl/N-ethyl adjacent to an activating group) is 2. The fourth-order valence-electron chi connectivity index (χ4n) is 5.36. The lowest BCUT2D eigenvalue weighted by Gasteiger charge is -2.33. The molecular weight excluding hydrogens is 635 g/mol. The first-order valence-electron chi connectivity index (χ1n) is 15.4. The van der Waals surface area contributed by atoms with Gasteiger partial charge in [0.15, 0.2) is 0 Å². The van der Waals surface area contributed by atoms with E-state index in [9.17, 15) is 24.3 Å². The minimum Gasteiger partial charge on any atom is -0.445 e. The maximum atomic E-state index is 13.7. The van der Waals surface area contributed by atoms with Crippen molar-refractivity contribution < 1.29 is 33.9 Å². The molecule has 11 nitrogen and oxygen atoms in total. The molecule has 0 saturated heterocycles. The van der Waals surface area contributed by atoms with Crippen molar-refractivity contribution in [2.24, 2.45) is 5.92 Å². The van der Waals surface area contributed by atoms with Crippen LogP contribution < -0.4 is 10.6 Å². The highest BCUT2D eigenvalue weighted by molar-refractivity contribution is 6.30. The Balaban J connectivity index is 1.69. The van der Waals surface area contributed by atoms with Crippen LogP contribution in [0.3, 0.4) is 0 Å². The Hall–Kier alpha value is -3.38. The number of hydroxylamine groups is 2. The average molecular weight is 680 g/mol. The third kappa shape index (κ3) is 11.8. The highest BCUT2D eigenvalue weighted by Gasteiger charge is 2.42. The zero-order valence-corrected chi connectivity index (χ0v) is 28.1. The number of halogens is 2. The number of carbonyl (C=O) groups excluding carboxylic acids is 4. The third-order valence-electron chi connectivity index (χ3n) is 8.18. The summed E-state index contributed by atoms with van der Waals surface area (Å²) < 4.78 is 5.35. The van der Waals surface area contributed by atoms with E-state index in [2.05, 4.69) is 10.6 Å². The van der Waals surface area contributed by atoms with Crippen molar-refractivity contribution in [3.05, 3.63) is 69.7 Å². The molecule has 0 radical (unpaired) electrons. The molecule has 1 saturated carbocycles. The Kier molecular flexibility index (Phi) is 14.6. The highest BCUT2D eigenvalue weighted by atomic mass is 35.5. The zero-order valence-electron chi connectivity index (χ0n) is 26.6. The first kappa shape index (κ1) is 37.1. The minimum absolute atomic E-state index is 0.0706. The van der Waals surface area contributed by atoms with Crippen LogP contribution in [0.4, 0.5) is 4.79 Å². The van der Waals surface area contributed by atoms with E-state index in [-0.39, 0.29) is 31.3 Å². The van der Waals surface area contributed by atoms with Crippen molar-refractivity contribution in [2.75, 3.05) is 27.7 Å². The van der Waals surface area contributed by atoms with Crippen LogP contribution in [0.25, 0.3) is 0 Å². The molecule has 0 spiro atoms. The van der Waals surface area contributed by atoms with Gasteiger partial charge in [0.25, 0.3) is 5.91 Å². The molecule has 0 aromatic heterocycles. The second-order valence-electron chi connectivity index (χ2n) is 11.7. The van der Waals surface area contributed by atoms with Crippen molar-refractivity contribution in [2.45, 2.75) is 76.2 Å². The monoisotopic (exact) mass is 678 g/mol. The summed E-state index contributed by atoms with van der Waals surface area (Å²) in [4.78, 5) is 59.2. The van der Waals surface area contributed by atoms with E-state index >= 15 is 0 Å². The fourth-order valence-corrected chi connectivity index (χ4v) is 5.69. The van der Waals surface area contributed by atoms with Crippen LogP contribution in [0.2, 0.25) is 10.0 Å². The van der Waals surface area contributed by atoms with Crippen molar-refractivity contribution in [3.63, 3.8) is 0 Å². The lowest BCUT2D eigenvalue weighted by atomic mass is 9.84. The number of hydrogen-bond acceptors (Lipinski definition) is 7. The van der Waals surface area contributed by atoms with Gasteiger partial charge < -0.3 is 25.4 Å². The summed E-state index contributed by atoms with van der Waals surface area (Å²) in [6, 6.07) is 13.0. The standard InChI is InChI=1S/C33H44Cl2N4O7/c1-38(19-17-23-12-14-26(34)15-13-23)29(40)16-18-33(44,31(42)39(2)45-3)37-30(41)28(21-24-8-5-4-6-9-24)36-32(43)46-22-25-10-7-11-27(35)20-25/h7,10-15,20,24,28,44H,4-6,8-9,16-19,21-22H2,1-3H3,(H,36,43)(H,37,41)/t28-,33?/m0/s1. The molecule has 1 aliphatic carbocycles. The van der Waals surface area contributed by atoms with E-state index in [0.717, 1.165) is 42.7 Å². The molecule has 2 aromatic carbocycles. The van der Waals surface area contributed by atoms with Crippen molar-refractivity contribution in [1.29, 1.82) is 0 Å². The number of hydrogen-bond donors (Lipinski definition) is 3. The van der Waals surface area contributed by atoms with Crippen LogP contribution in [-0.2, 0) is 37.0 Å². The van der Waals surface area contributed by atoms with E-state index in [4.69, 9.17) is 32.8 Å². The van der Waals surface area contributed by atoms with Gasteiger partial charge in [-0.05, 0) is 54.2 Å². The number of nitrogens with zero attached hydrogens (tertiary/aromatic N) is 2. The Morgan fingerprint density at radius 2 is 1.70 bits per heavy atom. The molecule has 13 heteroatoms. The van der Waals surface area contributed by atoms with Crippen LogP contribution in [0, 0.1) is 5.92 Å². The molecule has 0 heterocycles. The number of benzene rings is 2. The molecule has 46 heavy (non-hydrogen) atoms. The van der Waals surface area contributed by atoms with Gasteiger partial charge in [-0.3, -0.25) is 19.2 Å². The van der Waals surface area contributed by atoms with Gasteiger partial charge >= 0.3 is 6.09 Å². The van der Waals surface area contributed by atoms with Crippen LogP contribution >= 0.6 is 23.2 Å². The zero-order chi connectivity index (χ0) is 33.7. The SMILES string of the molecule is CON(C)C(=O)C(O)(CCC(=O)N(C)CCc1ccc(Cl)cc1)NC(=O)[C@H](CC1CCCCC1)NC(=O)OCc1cccc(Cl)c1. The third-order valence-corrected chi connectivity index (χ3v) is 8.67. The van der Waals surface area contributed by atoms with Crippen LogP contribution in [0.5, 0.6) is 0 Å². The highest BCUT2D eigenvalue weighted by Crippen LogP contribution is 2.28. The molecule has 0 aliphatic heterocycles. The van der Waals surface area contributed by atoms with Crippen LogP contribution in [-0.4, -0.2) is 78.4 Å². The molecule has 252 valence electrons. The van der Waals surface area contributed by atoms with Gasteiger partial charge in [-0.2, -0.15) is 0 Å². The second kappa shape index (κ2) is 18.1. The molecular formula is C33H44Cl2N4O7. The number of aliphatic hydroxyl groups is 1. The second-order valence-corrected chi connectivity index (χ2v) is 12.5. The Bertz CT molecular complexity index is 1320. The van der Waals surface area contributed by atoms with Gasteiger partial charge in [0, 0.05) is 43.5 Å². The first-order chi connectivity index (χ1) is 21.9. The van der Waals surface area contributed by atoms with Crippen molar-refractivity contribution >= 4 is 47.0 Å². The summed E-state index contributed by atoms with van der Waals surface area (Å²) in [7, 11) is 4.14. The van der Waals surface area contributed by atoms with Gasteiger partial charge in [-0.25, -0.2) is 9.86 Å². The largest absolute Gasteiger partial charge is 0.445 e. The Morgan fingerprint density at radius 3 is 2.35 bits per heavy atom. The number of amides is 4. The summed E-state index contributed by atoms with van der Waals surface area (Å²) in [6.45, 7) is 0.320. The molecule has 1 aliphatic rings. The summed E-state index contributed by atoms with van der Waals surface area (Å²) in [5, 5.41) is 18.5. The molecule has 4 amide bonds. The molecule has 1 unspecified atom stereocenters. The average Bonchev–Trinajstić information content (AvgIpc) is 3.05.